The third-order valence-electron chi connectivity index (χ3n) is 11.5. The quantitative estimate of drug-likeness (QED) is 0.166. The van der Waals surface area contributed by atoms with E-state index in [1.165, 1.54) is 54.9 Å². The van der Waals surface area contributed by atoms with Gasteiger partial charge in [-0.3, -0.25) is 4.98 Å². The van der Waals surface area contributed by atoms with Crippen LogP contribution in [0.2, 0.25) is 0 Å². The van der Waals surface area contributed by atoms with Crippen LogP contribution in [0.4, 0.5) is 17.1 Å². The number of hydrogen-bond donors (Lipinski definition) is 0. The number of aromatic nitrogens is 2. The molecule has 0 amide bonds. The summed E-state index contributed by atoms with van der Waals surface area (Å²) < 4.78 is 0. The average Bonchev–Trinajstić information content (AvgIpc) is 3.48. The van der Waals surface area contributed by atoms with E-state index in [-0.39, 0.29) is 5.41 Å². The van der Waals surface area contributed by atoms with Crippen molar-refractivity contribution in [2.75, 3.05) is 4.90 Å². The molecule has 0 atom stereocenters. The van der Waals surface area contributed by atoms with Gasteiger partial charge in [0.2, 0.25) is 0 Å². The van der Waals surface area contributed by atoms with Crippen molar-refractivity contribution in [3.8, 4) is 44.6 Å². The molecule has 0 radical (unpaired) electrons. The first-order valence-corrected chi connectivity index (χ1v) is 19.6. The second-order valence-electron chi connectivity index (χ2n) is 15.0. The van der Waals surface area contributed by atoms with Crippen LogP contribution in [0, 0.1) is 0 Å². The zero-order valence-electron chi connectivity index (χ0n) is 30.5. The number of fused-ring (bicyclic) bond motifs is 7. The highest BCUT2D eigenvalue weighted by molar-refractivity contribution is 7.99. The van der Waals surface area contributed by atoms with Gasteiger partial charge in [-0.05, 0) is 98.9 Å². The van der Waals surface area contributed by atoms with Gasteiger partial charge in [-0.2, -0.15) is 0 Å². The Bertz CT molecular complexity index is 2990. The average molecular weight is 722 g/mol. The third-order valence-corrected chi connectivity index (χ3v) is 12.6. The minimum absolute atomic E-state index is 0.106. The zero-order chi connectivity index (χ0) is 36.7. The normalized spacial score (nSPS) is 13.3. The lowest BCUT2D eigenvalue weighted by Gasteiger charge is -2.29. The van der Waals surface area contributed by atoms with E-state index in [1.54, 1.807) is 11.8 Å². The van der Waals surface area contributed by atoms with Crippen LogP contribution >= 0.6 is 11.8 Å². The number of rotatable bonds is 5. The molecule has 0 saturated heterocycles. The smallest absolute Gasteiger partial charge is 0.112 e. The summed E-state index contributed by atoms with van der Waals surface area (Å²) in [6.07, 6.45) is 1.94. The molecule has 0 spiro atoms. The Hall–Kier alpha value is -6.49. The molecule has 2 aliphatic rings. The maximum absolute atomic E-state index is 5.20. The van der Waals surface area contributed by atoms with Gasteiger partial charge in [-0.25, -0.2) is 4.98 Å². The van der Waals surface area contributed by atoms with Crippen LogP contribution in [-0.2, 0) is 5.41 Å². The van der Waals surface area contributed by atoms with Gasteiger partial charge in [0.15, 0.2) is 0 Å². The Morgan fingerprint density at radius 1 is 0.527 bits per heavy atom. The largest absolute Gasteiger partial charge is 0.310 e. The molecular weight excluding hydrogens is 687 g/mol. The fourth-order valence-corrected chi connectivity index (χ4v) is 9.92. The van der Waals surface area contributed by atoms with Crippen molar-refractivity contribution in [2.45, 2.75) is 29.2 Å². The lowest BCUT2D eigenvalue weighted by atomic mass is 9.82. The van der Waals surface area contributed by atoms with Crippen LogP contribution in [0.1, 0.15) is 25.0 Å². The second-order valence-corrected chi connectivity index (χ2v) is 16.0. The van der Waals surface area contributed by atoms with Gasteiger partial charge in [-0.1, -0.05) is 141 Å². The van der Waals surface area contributed by atoms with Crippen molar-refractivity contribution >= 4 is 50.5 Å². The minimum Gasteiger partial charge on any atom is -0.310 e. The van der Waals surface area contributed by atoms with E-state index >= 15 is 0 Å². The minimum atomic E-state index is -0.106. The predicted molar refractivity (Wildman–Crippen MR) is 230 cm³/mol. The van der Waals surface area contributed by atoms with Crippen LogP contribution in [0.3, 0.4) is 0 Å². The lowest BCUT2D eigenvalue weighted by Crippen LogP contribution is -2.16. The monoisotopic (exact) mass is 721 g/mol. The van der Waals surface area contributed by atoms with Crippen LogP contribution in [0.25, 0.3) is 66.3 Å². The van der Waals surface area contributed by atoms with Crippen LogP contribution in [0.5, 0.6) is 0 Å². The van der Waals surface area contributed by atoms with Crippen molar-refractivity contribution in [1.29, 1.82) is 0 Å². The van der Waals surface area contributed by atoms with Gasteiger partial charge in [0, 0.05) is 49.8 Å². The van der Waals surface area contributed by atoms with Gasteiger partial charge in [0.1, 0.15) is 5.03 Å². The molecule has 2 aromatic heterocycles. The highest BCUT2D eigenvalue weighted by Crippen LogP contribution is 2.54. The van der Waals surface area contributed by atoms with Crippen LogP contribution < -0.4 is 4.90 Å². The number of nitrogens with zero attached hydrogens (tertiary/aromatic N) is 3. The van der Waals surface area contributed by atoms with Gasteiger partial charge in [-0.15, -0.1) is 0 Å². The van der Waals surface area contributed by atoms with E-state index in [0.717, 1.165) is 49.5 Å². The van der Waals surface area contributed by atoms with Crippen molar-refractivity contribution in [3.63, 3.8) is 0 Å². The maximum Gasteiger partial charge on any atom is 0.112 e. The van der Waals surface area contributed by atoms with Crippen molar-refractivity contribution in [1.82, 2.24) is 9.97 Å². The fourth-order valence-electron chi connectivity index (χ4n) is 8.84. The van der Waals surface area contributed by atoms with Crippen LogP contribution in [-0.4, -0.2) is 9.97 Å². The molecule has 0 fully saturated rings. The number of pyridine rings is 2. The molecule has 3 nitrogen and oxygen atoms in total. The predicted octanol–water partition coefficient (Wildman–Crippen LogP) is 14.0. The first-order chi connectivity index (χ1) is 27.0. The number of benzene rings is 7. The summed E-state index contributed by atoms with van der Waals surface area (Å²) in [5, 5.41) is 4.48. The van der Waals surface area contributed by atoms with E-state index in [9.17, 15) is 0 Å². The molecule has 4 heteroatoms. The van der Waals surface area contributed by atoms with Crippen molar-refractivity contribution in [3.05, 3.63) is 187 Å². The standard InChI is InChI=1S/C51H35N3S/c1-51(2)42-18-8-6-16-39(42)47-43(51)19-11-20-45(47)54(36-25-22-33(23-26-36)32-12-4-3-5-13-32)37-15-10-14-34(30-37)35-24-27-44-41(31-35)38-28-29-52-49-40-17-7-9-21-46(40)55-50(53-44)48(38)49/h3-31H,1-2H3. The van der Waals surface area contributed by atoms with Gasteiger partial charge >= 0.3 is 0 Å². The third kappa shape index (κ3) is 4.98. The maximum atomic E-state index is 5.20. The van der Waals surface area contributed by atoms with Crippen molar-refractivity contribution < 1.29 is 0 Å². The first kappa shape index (κ1) is 32.0. The van der Waals surface area contributed by atoms with E-state index in [1.807, 2.05) is 6.20 Å². The number of anilines is 3. The SMILES string of the molecule is CC1(C)c2ccccc2-c2c(N(c3ccc(-c4ccccc4)cc3)c3cccc(-c4ccc5nc6c7c(nccc7c5c4)-c4ccccc4S6)c3)cccc21. The van der Waals surface area contributed by atoms with Crippen LogP contribution in [0.15, 0.2) is 186 Å². The Labute approximate surface area is 325 Å². The van der Waals surface area contributed by atoms with E-state index < -0.39 is 0 Å². The molecule has 3 heterocycles. The van der Waals surface area contributed by atoms with E-state index in [4.69, 9.17) is 9.97 Å². The Balaban J connectivity index is 1.08. The summed E-state index contributed by atoms with van der Waals surface area (Å²) in [7, 11) is 0. The lowest BCUT2D eigenvalue weighted by molar-refractivity contribution is 0.660. The summed E-state index contributed by atoms with van der Waals surface area (Å²) in [4.78, 5) is 13.7. The molecule has 9 aromatic rings. The molecule has 1 aliphatic carbocycles. The topological polar surface area (TPSA) is 29.0 Å². The summed E-state index contributed by atoms with van der Waals surface area (Å²) in [5.74, 6) is 0. The molecule has 0 unspecified atom stereocenters. The molecule has 1 aliphatic heterocycles. The molecule has 7 aromatic carbocycles. The highest BCUT2D eigenvalue weighted by atomic mass is 32.2. The van der Waals surface area contributed by atoms with Gasteiger partial charge in [0.25, 0.3) is 0 Å². The number of hydrogen-bond acceptors (Lipinski definition) is 4. The molecule has 55 heavy (non-hydrogen) atoms. The van der Waals surface area contributed by atoms with Gasteiger partial charge < -0.3 is 4.90 Å². The molecule has 0 bridgehead atoms. The van der Waals surface area contributed by atoms with E-state index in [0.29, 0.717) is 0 Å². The molecule has 0 saturated carbocycles. The fraction of sp³-hybridized carbons (Fsp3) is 0.0588. The molecule has 0 N–H and O–H groups in total. The Morgan fingerprint density at radius 3 is 2.09 bits per heavy atom. The molecule has 11 rings (SSSR count). The zero-order valence-corrected chi connectivity index (χ0v) is 31.3. The van der Waals surface area contributed by atoms with Gasteiger partial charge in [0.05, 0.1) is 16.9 Å². The first-order valence-electron chi connectivity index (χ1n) is 18.8. The molecular formula is C51H35N3S. The summed E-state index contributed by atoms with van der Waals surface area (Å²) in [6, 6.07) is 61.7. The summed E-state index contributed by atoms with van der Waals surface area (Å²) in [6.45, 7) is 4.70. The summed E-state index contributed by atoms with van der Waals surface area (Å²) in [5.41, 5.74) is 16.5. The van der Waals surface area contributed by atoms with Crippen molar-refractivity contribution in [2.24, 2.45) is 0 Å². The summed E-state index contributed by atoms with van der Waals surface area (Å²) >= 11 is 1.74. The Kier molecular flexibility index (Phi) is 7.14. The Morgan fingerprint density at radius 2 is 1.22 bits per heavy atom. The second kappa shape index (κ2) is 12.3. The van der Waals surface area contributed by atoms with E-state index in [2.05, 4.69) is 189 Å². The molecule has 260 valence electrons. The highest BCUT2D eigenvalue weighted by Gasteiger charge is 2.37.